The van der Waals surface area contributed by atoms with Crippen LogP contribution < -0.4 is 0 Å². The zero-order valence-electron chi connectivity index (χ0n) is 5.26. The van der Waals surface area contributed by atoms with Crippen molar-refractivity contribution >= 4 is 44.7 Å². The molecule has 2 radical (unpaired) electrons. The van der Waals surface area contributed by atoms with Gasteiger partial charge in [-0.25, -0.2) is 0 Å². The quantitative estimate of drug-likeness (QED) is 0.275. The fourth-order valence-corrected chi connectivity index (χ4v) is 0. The molecule has 8 nitrogen and oxygen atoms in total. The van der Waals surface area contributed by atoms with Crippen LogP contribution in [0.25, 0.3) is 0 Å². The summed E-state index contributed by atoms with van der Waals surface area (Å²) < 4.78 is 63.2. The molecule has 0 aliphatic rings. The molecule has 0 rings (SSSR count). The monoisotopic (exact) mass is 376 g/mol. The van der Waals surface area contributed by atoms with Gasteiger partial charge in [0.2, 0.25) is 0 Å². The van der Waals surface area contributed by atoms with E-state index in [0.29, 0.717) is 0 Å². The van der Waals surface area contributed by atoms with Crippen LogP contribution >= 0.6 is 0 Å². The molecule has 0 bridgehead atoms. The SMILES string of the molecule is O=S(=O)(O)O.O=S(=O)(O)O.[Ni].[SnH2]. The summed E-state index contributed by atoms with van der Waals surface area (Å²) in [5.74, 6) is 0. The summed E-state index contributed by atoms with van der Waals surface area (Å²) in [7, 11) is -9.33. The van der Waals surface area contributed by atoms with Crippen molar-refractivity contribution in [3.8, 4) is 0 Å². The van der Waals surface area contributed by atoms with Gasteiger partial charge in [-0.15, -0.1) is 0 Å². The van der Waals surface area contributed by atoms with Crippen LogP contribution in [0.3, 0.4) is 0 Å². The van der Waals surface area contributed by atoms with E-state index in [1.54, 1.807) is 0 Å². The van der Waals surface area contributed by atoms with Gasteiger partial charge in [-0.05, 0) is 0 Å². The second-order valence-electron chi connectivity index (χ2n) is 0.896. The fraction of sp³-hybridized carbons (Fsp3) is 0. The second kappa shape index (κ2) is 8.62. The third-order valence-electron chi connectivity index (χ3n) is 0. The van der Waals surface area contributed by atoms with Gasteiger partial charge >= 0.3 is 44.7 Å². The second-order valence-corrected chi connectivity index (χ2v) is 2.69. The zero-order chi connectivity index (χ0) is 9.00. The Morgan fingerprint density at radius 1 is 0.667 bits per heavy atom. The van der Waals surface area contributed by atoms with Gasteiger partial charge in [0.1, 0.15) is 0 Å². The first kappa shape index (κ1) is 23.1. The minimum atomic E-state index is -4.67. The maximum absolute atomic E-state index is 8.74. The van der Waals surface area contributed by atoms with Crippen LogP contribution in [0.5, 0.6) is 0 Å². The van der Waals surface area contributed by atoms with Crippen LogP contribution in [0.1, 0.15) is 0 Å². The molecule has 12 heavy (non-hydrogen) atoms. The first-order chi connectivity index (χ1) is 4.00. The van der Waals surface area contributed by atoms with Crippen molar-refractivity contribution in [2.24, 2.45) is 0 Å². The molecule has 0 atom stereocenters. The molecule has 4 N–H and O–H groups in total. The summed E-state index contributed by atoms with van der Waals surface area (Å²) in [6.07, 6.45) is 0. The first-order valence-corrected chi connectivity index (χ1v) is 4.19. The topological polar surface area (TPSA) is 149 Å². The van der Waals surface area contributed by atoms with Gasteiger partial charge < -0.3 is 0 Å². The average Bonchev–Trinajstić information content (AvgIpc) is 1.12. The molecule has 0 aliphatic heterocycles. The molecule has 0 heterocycles. The van der Waals surface area contributed by atoms with E-state index in [4.69, 9.17) is 35.0 Å². The molecule has 0 aromatic heterocycles. The van der Waals surface area contributed by atoms with Crippen molar-refractivity contribution in [2.45, 2.75) is 0 Å². The predicted octanol–water partition coefficient (Wildman–Crippen LogP) is -2.22. The summed E-state index contributed by atoms with van der Waals surface area (Å²) in [6.45, 7) is 0. The van der Waals surface area contributed by atoms with E-state index in [9.17, 15) is 0 Å². The molecule has 0 aromatic rings. The standard InChI is InChI=1S/Ni.2H2O4S.Sn.2H/c;2*1-5(2,3)4;;;/h;2*(H2,1,2,3,4);;;. The molecule has 0 unspecified atom stereocenters. The number of hydrogen-bond acceptors (Lipinski definition) is 4. The summed E-state index contributed by atoms with van der Waals surface area (Å²) in [5.41, 5.74) is 0. The molecular formula is H6NiO8S2Sn. The van der Waals surface area contributed by atoms with E-state index in [-0.39, 0.29) is 40.4 Å². The Morgan fingerprint density at radius 2 is 0.667 bits per heavy atom. The van der Waals surface area contributed by atoms with Gasteiger partial charge in [-0.1, -0.05) is 0 Å². The van der Waals surface area contributed by atoms with Gasteiger partial charge in [0, 0.05) is 16.5 Å². The molecule has 0 saturated carbocycles. The van der Waals surface area contributed by atoms with Crippen molar-refractivity contribution < 1.29 is 51.5 Å². The van der Waals surface area contributed by atoms with Crippen LogP contribution in [0, 0.1) is 0 Å². The van der Waals surface area contributed by atoms with Crippen molar-refractivity contribution in [3.05, 3.63) is 0 Å². The summed E-state index contributed by atoms with van der Waals surface area (Å²) in [6, 6.07) is 0. The van der Waals surface area contributed by atoms with Crippen LogP contribution in [0.4, 0.5) is 0 Å². The van der Waals surface area contributed by atoms with E-state index in [1.807, 2.05) is 0 Å². The van der Waals surface area contributed by atoms with Crippen LogP contribution in [-0.2, 0) is 37.3 Å². The molecular weight excluding hydrogens is 370 g/mol. The van der Waals surface area contributed by atoms with Crippen LogP contribution in [0.2, 0.25) is 0 Å². The molecule has 0 amide bonds. The fourth-order valence-electron chi connectivity index (χ4n) is 0. The van der Waals surface area contributed by atoms with E-state index in [2.05, 4.69) is 0 Å². The van der Waals surface area contributed by atoms with Gasteiger partial charge in [0.05, 0.1) is 0 Å². The summed E-state index contributed by atoms with van der Waals surface area (Å²) >= 11 is 0. The van der Waals surface area contributed by atoms with Crippen molar-refractivity contribution in [1.82, 2.24) is 0 Å². The van der Waals surface area contributed by atoms with Gasteiger partial charge in [-0.3, -0.25) is 18.2 Å². The average molecular weight is 376 g/mol. The Hall–Kier alpha value is 1.03. The maximum atomic E-state index is 8.74. The Labute approximate surface area is 95.8 Å². The van der Waals surface area contributed by atoms with E-state index in [0.717, 1.165) is 0 Å². The Bertz CT molecular complexity index is 213. The number of rotatable bonds is 0. The van der Waals surface area contributed by atoms with Crippen molar-refractivity contribution in [2.75, 3.05) is 0 Å². The van der Waals surface area contributed by atoms with Crippen molar-refractivity contribution in [3.63, 3.8) is 0 Å². The molecule has 0 fully saturated rings. The predicted molar refractivity (Wildman–Crippen MR) is 36.9 cm³/mol. The molecule has 0 aromatic carbocycles. The number of hydrogen-bond donors (Lipinski definition) is 4. The molecule has 0 saturated heterocycles. The van der Waals surface area contributed by atoms with E-state index < -0.39 is 20.8 Å². The van der Waals surface area contributed by atoms with Crippen LogP contribution in [-0.4, -0.2) is 59.0 Å². The first-order valence-electron chi connectivity index (χ1n) is 1.40. The molecule has 12 heteroatoms. The Balaban J connectivity index is -0.0000000457. The minimum absolute atomic E-state index is 0. The van der Waals surface area contributed by atoms with Crippen LogP contribution in [0.15, 0.2) is 0 Å². The van der Waals surface area contributed by atoms with Gasteiger partial charge in [-0.2, -0.15) is 16.8 Å². The van der Waals surface area contributed by atoms with Gasteiger partial charge in [0.25, 0.3) is 0 Å². The van der Waals surface area contributed by atoms with E-state index in [1.165, 1.54) is 0 Å². The summed E-state index contributed by atoms with van der Waals surface area (Å²) in [5, 5.41) is 0. The Morgan fingerprint density at radius 3 is 0.667 bits per heavy atom. The molecule has 0 aliphatic carbocycles. The normalized spacial score (nSPS) is 9.67. The van der Waals surface area contributed by atoms with Crippen molar-refractivity contribution in [1.29, 1.82) is 0 Å². The Kier molecular flexibility index (Phi) is 16.6. The summed E-state index contributed by atoms with van der Waals surface area (Å²) in [4.78, 5) is 0. The van der Waals surface area contributed by atoms with Gasteiger partial charge in [0.15, 0.2) is 0 Å². The zero-order valence-corrected chi connectivity index (χ0v) is 11.9. The third-order valence-corrected chi connectivity index (χ3v) is 0. The van der Waals surface area contributed by atoms with E-state index >= 15 is 0 Å². The molecule has 80 valence electrons. The molecule has 0 spiro atoms. The third kappa shape index (κ3) is 1040.